The fourth-order valence-corrected chi connectivity index (χ4v) is 0.890. The summed E-state index contributed by atoms with van der Waals surface area (Å²) in [7, 11) is 0. The Morgan fingerprint density at radius 2 is 2.25 bits per heavy atom. The van der Waals surface area contributed by atoms with E-state index in [0.29, 0.717) is 11.6 Å². The molecule has 3 heteroatoms. The standard InChI is InChI=1S/C9H13FN2/c1-4-6(2)9-11-5-8(10)7(3)12-9/h5-6H,4H2,1-3H3. The molecule has 0 bridgehead atoms. The lowest BCUT2D eigenvalue weighted by atomic mass is 10.1. The molecule has 0 spiro atoms. The van der Waals surface area contributed by atoms with Gasteiger partial charge in [-0.3, -0.25) is 0 Å². The highest BCUT2D eigenvalue weighted by Crippen LogP contribution is 2.14. The zero-order valence-corrected chi connectivity index (χ0v) is 7.63. The van der Waals surface area contributed by atoms with Crippen LogP contribution in [0.1, 0.15) is 37.7 Å². The number of hydrogen-bond donors (Lipinski definition) is 0. The molecule has 66 valence electrons. The molecule has 0 N–H and O–H groups in total. The van der Waals surface area contributed by atoms with Gasteiger partial charge in [-0.2, -0.15) is 0 Å². The Labute approximate surface area is 71.9 Å². The van der Waals surface area contributed by atoms with Crippen molar-refractivity contribution in [1.82, 2.24) is 9.97 Å². The molecule has 0 radical (unpaired) electrons. The molecule has 0 saturated carbocycles. The van der Waals surface area contributed by atoms with Crippen LogP contribution in [0.3, 0.4) is 0 Å². The van der Waals surface area contributed by atoms with Crippen LogP contribution in [-0.2, 0) is 0 Å². The van der Waals surface area contributed by atoms with E-state index >= 15 is 0 Å². The number of aromatic nitrogens is 2. The van der Waals surface area contributed by atoms with Gasteiger partial charge in [0.25, 0.3) is 0 Å². The van der Waals surface area contributed by atoms with Gasteiger partial charge in [-0.25, -0.2) is 14.4 Å². The molecule has 0 aromatic carbocycles. The molecule has 1 heterocycles. The van der Waals surface area contributed by atoms with Crippen molar-refractivity contribution in [1.29, 1.82) is 0 Å². The molecule has 1 unspecified atom stereocenters. The first kappa shape index (κ1) is 9.10. The van der Waals surface area contributed by atoms with Crippen LogP contribution in [0, 0.1) is 12.7 Å². The normalized spacial score (nSPS) is 13.0. The van der Waals surface area contributed by atoms with E-state index in [9.17, 15) is 4.39 Å². The van der Waals surface area contributed by atoms with E-state index in [1.165, 1.54) is 6.20 Å². The average Bonchev–Trinajstić information content (AvgIpc) is 2.08. The highest BCUT2D eigenvalue weighted by atomic mass is 19.1. The van der Waals surface area contributed by atoms with Gasteiger partial charge in [-0.05, 0) is 13.3 Å². The highest BCUT2D eigenvalue weighted by molar-refractivity contribution is 5.05. The summed E-state index contributed by atoms with van der Waals surface area (Å²) in [5.74, 6) is 0.711. The Balaban J connectivity index is 2.96. The fraction of sp³-hybridized carbons (Fsp3) is 0.556. The maximum atomic E-state index is 12.7. The number of aryl methyl sites for hydroxylation is 1. The lowest BCUT2D eigenvalue weighted by Crippen LogP contribution is -2.02. The van der Waals surface area contributed by atoms with Gasteiger partial charge in [0.15, 0.2) is 5.82 Å². The summed E-state index contributed by atoms with van der Waals surface area (Å²) in [6.07, 6.45) is 2.22. The molecule has 1 aromatic rings. The summed E-state index contributed by atoms with van der Waals surface area (Å²) in [5.41, 5.74) is 0.431. The van der Waals surface area contributed by atoms with Crippen molar-refractivity contribution < 1.29 is 4.39 Å². The van der Waals surface area contributed by atoms with Crippen molar-refractivity contribution in [2.75, 3.05) is 0 Å². The molecule has 1 rings (SSSR count). The Morgan fingerprint density at radius 3 is 2.75 bits per heavy atom. The van der Waals surface area contributed by atoms with E-state index in [-0.39, 0.29) is 5.82 Å². The Kier molecular flexibility index (Phi) is 2.74. The van der Waals surface area contributed by atoms with Crippen LogP contribution in [0.5, 0.6) is 0 Å². The monoisotopic (exact) mass is 168 g/mol. The van der Waals surface area contributed by atoms with Crippen molar-refractivity contribution in [3.05, 3.63) is 23.5 Å². The van der Waals surface area contributed by atoms with E-state index in [2.05, 4.69) is 16.9 Å². The van der Waals surface area contributed by atoms with Gasteiger partial charge >= 0.3 is 0 Å². The quantitative estimate of drug-likeness (QED) is 0.677. The van der Waals surface area contributed by atoms with Crippen LogP contribution in [0.15, 0.2) is 6.20 Å². The van der Waals surface area contributed by atoms with Crippen LogP contribution in [0.4, 0.5) is 4.39 Å². The summed E-state index contributed by atoms with van der Waals surface area (Å²) in [6.45, 7) is 5.75. The van der Waals surface area contributed by atoms with E-state index in [0.717, 1.165) is 12.2 Å². The van der Waals surface area contributed by atoms with E-state index in [4.69, 9.17) is 0 Å². The van der Waals surface area contributed by atoms with Crippen molar-refractivity contribution in [2.45, 2.75) is 33.1 Å². The smallest absolute Gasteiger partial charge is 0.162 e. The van der Waals surface area contributed by atoms with Gasteiger partial charge in [0, 0.05) is 5.92 Å². The third kappa shape index (κ3) is 1.78. The number of halogens is 1. The first-order valence-corrected chi connectivity index (χ1v) is 4.14. The summed E-state index contributed by atoms with van der Waals surface area (Å²) in [4.78, 5) is 7.98. The molecule has 0 amide bonds. The summed E-state index contributed by atoms with van der Waals surface area (Å²) in [5, 5.41) is 0. The van der Waals surface area contributed by atoms with Crippen molar-refractivity contribution >= 4 is 0 Å². The van der Waals surface area contributed by atoms with Gasteiger partial charge in [0.05, 0.1) is 11.9 Å². The third-order valence-electron chi connectivity index (χ3n) is 1.99. The number of rotatable bonds is 2. The Hall–Kier alpha value is -0.990. The van der Waals surface area contributed by atoms with E-state index in [1.807, 2.05) is 6.92 Å². The largest absolute Gasteiger partial charge is 0.238 e. The SMILES string of the molecule is CCC(C)c1ncc(F)c(C)n1. The zero-order chi connectivity index (χ0) is 9.14. The molecule has 0 saturated heterocycles. The second-order valence-electron chi connectivity index (χ2n) is 2.97. The zero-order valence-electron chi connectivity index (χ0n) is 7.63. The molecular formula is C9H13FN2. The predicted molar refractivity (Wildman–Crippen MR) is 45.4 cm³/mol. The second kappa shape index (κ2) is 3.61. The summed E-state index contributed by atoms with van der Waals surface area (Å²) in [6, 6.07) is 0. The summed E-state index contributed by atoms with van der Waals surface area (Å²) >= 11 is 0. The van der Waals surface area contributed by atoms with Crippen LogP contribution in [0.25, 0.3) is 0 Å². The molecule has 0 fully saturated rings. The van der Waals surface area contributed by atoms with Crippen LogP contribution < -0.4 is 0 Å². The van der Waals surface area contributed by atoms with Crippen molar-refractivity contribution in [3.8, 4) is 0 Å². The average molecular weight is 168 g/mol. The van der Waals surface area contributed by atoms with E-state index < -0.39 is 0 Å². The third-order valence-corrected chi connectivity index (χ3v) is 1.99. The highest BCUT2D eigenvalue weighted by Gasteiger charge is 2.07. The maximum absolute atomic E-state index is 12.7. The van der Waals surface area contributed by atoms with Gasteiger partial charge < -0.3 is 0 Å². The topological polar surface area (TPSA) is 25.8 Å². The minimum absolute atomic E-state index is 0.310. The molecular weight excluding hydrogens is 155 g/mol. The van der Waals surface area contributed by atoms with Crippen LogP contribution >= 0.6 is 0 Å². The Bertz CT molecular complexity index is 273. The second-order valence-corrected chi connectivity index (χ2v) is 2.97. The van der Waals surface area contributed by atoms with E-state index in [1.54, 1.807) is 6.92 Å². The fourth-order valence-electron chi connectivity index (χ4n) is 0.890. The maximum Gasteiger partial charge on any atom is 0.162 e. The Morgan fingerprint density at radius 1 is 1.58 bits per heavy atom. The molecule has 2 nitrogen and oxygen atoms in total. The molecule has 0 aliphatic heterocycles. The number of hydrogen-bond acceptors (Lipinski definition) is 2. The van der Waals surface area contributed by atoms with Gasteiger partial charge in [0.1, 0.15) is 5.82 Å². The minimum atomic E-state index is -0.331. The summed E-state index contributed by atoms with van der Waals surface area (Å²) < 4.78 is 12.7. The van der Waals surface area contributed by atoms with Gasteiger partial charge in [-0.15, -0.1) is 0 Å². The van der Waals surface area contributed by atoms with Gasteiger partial charge in [-0.1, -0.05) is 13.8 Å². The molecule has 0 aliphatic carbocycles. The van der Waals surface area contributed by atoms with Gasteiger partial charge in [0.2, 0.25) is 0 Å². The molecule has 1 aromatic heterocycles. The van der Waals surface area contributed by atoms with Crippen molar-refractivity contribution in [3.63, 3.8) is 0 Å². The minimum Gasteiger partial charge on any atom is -0.238 e. The predicted octanol–water partition coefficient (Wildman–Crippen LogP) is 2.44. The molecule has 1 atom stereocenters. The van der Waals surface area contributed by atoms with Crippen molar-refractivity contribution in [2.24, 2.45) is 0 Å². The first-order valence-electron chi connectivity index (χ1n) is 4.14. The molecule has 0 aliphatic rings. The lowest BCUT2D eigenvalue weighted by molar-refractivity contribution is 0.583. The first-order chi connectivity index (χ1) is 5.65. The lowest BCUT2D eigenvalue weighted by Gasteiger charge is -2.06. The molecule has 12 heavy (non-hydrogen) atoms. The van der Waals surface area contributed by atoms with Crippen LogP contribution in [0.2, 0.25) is 0 Å². The number of nitrogens with zero attached hydrogens (tertiary/aromatic N) is 2. The van der Waals surface area contributed by atoms with Crippen LogP contribution in [-0.4, -0.2) is 9.97 Å².